The Kier molecular flexibility index (Phi) is 3.08. The minimum Gasteiger partial charge on any atom is -0.389 e. The first-order valence-electron chi connectivity index (χ1n) is 7.74. The fraction of sp³-hybridized carbons (Fsp3) is 0.600. The maximum atomic E-state index is 9.46. The van der Waals surface area contributed by atoms with Crippen molar-refractivity contribution in [1.29, 1.82) is 0 Å². The molecular formula is C15H21N5O. The van der Waals surface area contributed by atoms with Crippen LogP contribution >= 0.6 is 0 Å². The molecule has 0 saturated carbocycles. The fourth-order valence-electron chi connectivity index (χ4n) is 3.24. The summed E-state index contributed by atoms with van der Waals surface area (Å²) in [4.78, 5) is 6.85. The molecule has 21 heavy (non-hydrogen) atoms. The first kappa shape index (κ1) is 13.0. The van der Waals surface area contributed by atoms with E-state index in [1.54, 1.807) is 0 Å². The number of aryl methyl sites for hydroxylation is 1. The summed E-state index contributed by atoms with van der Waals surface area (Å²) >= 11 is 0. The molecule has 6 nitrogen and oxygen atoms in total. The van der Waals surface area contributed by atoms with E-state index in [9.17, 15) is 5.11 Å². The lowest BCUT2D eigenvalue weighted by molar-refractivity contribution is 0.141. The lowest BCUT2D eigenvalue weighted by atomic mass is 10.0. The molecule has 0 aliphatic carbocycles. The average Bonchev–Trinajstić information content (AvgIpc) is 2.87. The normalized spacial score (nSPS) is 23.5. The van der Waals surface area contributed by atoms with E-state index in [1.165, 1.54) is 12.8 Å². The minimum absolute atomic E-state index is 0.214. The molecule has 0 aromatic carbocycles. The van der Waals surface area contributed by atoms with Gasteiger partial charge < -0.3 is 15.3 Å². The van der Waals surface area contributed by atoms with Crippen LogP contribution in [-0.2, 0) is 0 Å². The van der Waals surface area contributed by atoms with Crippen LogP contribution in [0, 0.1) is 6.92 Å². The highest BCUT2D eigenvalue weighted by molar-refractivity contribution is 5.55. The molecule has 1 unspecified atom stereocenters. The van der Waals surface area contributed by atoms with Crippen LogP contribution in [0.15, 0.2) is 12.3 Å². The molecule has 2 aromatic rings. The third kappa shape index (κ3) is 2.28. The van der Waals surface area contributed by atoms with Crippen LogP contribution in [0.25, 0.3) is 5.65 Å². The first-order valence-corrected chi connectivity index (χ1v) is 7.74. The number of rotatable bonds is 2. The van der Waals surface area contributed by atoms with E-state index in [4.69, 9.17) is 4.98 Å². The Balaban J connectivity index is 1.67. The van der Waals surface area contributed by atoms with Crippen molar-refractivity contribution < 1.29 is 5.11 Å². The summed E-state index contributed by atoms with van der Waals surface area (Å²) in [6, 6.07) is 2.44. The molecular weight excluding hydrogens is 266 g/mol. The van der Waals surface area contributed by atoms with Crippen LogP contribution in [0.3, 0.4) is 0 Å². The topological polar surface area (TPSA) is 65.7 Å². The van der Waals surface area contributed by atoms with Crippen molar-refractivity contribution in [2.45, 2.75) is 38.3 Å². The summed E-state index contributed by atoms with van der Waals surface area (Å²) < 4.78 is 1.88. The number of piperidine rings is 1. The van der Waals surface area contributed by atoms with Gasteiger partial charge in [0.15, 0.2) is 5.65 Å². The molecule has 4 rings (SSSR count). The van der Waals surface area contributed by atoms with Gasteiger partial charge in [0.2, 0.25) is 0 Å². The third-order valence-electron chi connectivity index (χ3n) is 4.45. The summed E-state index contributed by atoms with van der Waals surface area (Å²) in [7, 11) is 0. The van der Waals surface area contributed by atoms with Gasteiger partial charge in [-0.2, -0.15) is 5.10 Å². The van der Waals surface area contributed by atoms with Gasteiger partial charge in [-0.25, -0.2) is 9.50 Å². The maximum absolute atomic E-state index is 9.46. The van der Waals surface area contributed by atoms with Gasteiger partial charge >= 0.3 is 0 Å². The van der Waals surface area contributed by atoms with Gasteiger partial charge in [-0.3, -0.25) is 0 Å². The molecule has 2 aliphatic rings. The highest BCUT2D eigenvalue weighted by atomic mass is 16.3. The summed E-state index contributed by atoms with van der Waals surface area (Å²) in [5.41, 5.74) is 3.07. The fourth-order valence-corrected chi connectivity index (χ4v) is 3.24. The Hall–Kier alpha value is -1.66. The predicted molar refractivity (Wildman–Crippen MR) is 80.5 cm³/mol. The number of nitrogens with one attached hydrogen (secondary N) is 1. The molecule has 112 valence electrons. The van der Waals surface area contributed by atoms with Crippen molar-refractivity contribution in [2.75, 3.05) is 24.5 Å². The molecule has 6 heteroatoms. The molecule has 2 aromatic heterocycles. The van der Waals surface area contributed by atoms with Crippen LogP contribution < -0.4 is 10.2 Å². The molecule has 2 fully saturated rings. The van der Waals surface area contributed by atoms with E-state index >= 15 is 0 Å². The molecule has 2 aliphatic heterocycles. The van der Waals surface area contributed by atoms with E-state index in [1.807, 2.05) is 17.6 Å². The van der Waals surface area contributed by atoms with Crippen molar-refractivity contribution in [1.82, 2.24) is 19.9 Å². The summed E-state index contributed by atoms with van der Waals surface area (Å²) in [5, 5.41) is 17.7. The Bertz CT molecular complexity index is 655. The van der Waals surface area contributed by atoms with Crippen LogP contribution in [-0.4, -0.2) is 45.4 Å². The zero-order chi connectivity index (χ0) is 14.4. The predicted octanol–water partition coefficient (Wildman–Crippen LogP) is 1.03. The maximum Gasteiger partial charge on any atom is 0.157 e. The zero-order valence-corrected chi connectivity index (χ0v) is 12.3. The van der Waals surface area contributed by atoms with Gasteiger partial charge in [-0.15, -0.1) is 0 Å². The summed E-state index contributed by atoms with van der Waals surface area (Å²) in [5.74, 6) is 0.968. The third-order valence-corrected chi connectivity index (χ3v) is 4.45. The standard InChI is InChI=1S/C15H21N5O/c1-10-7-20-14(17-15(10)19-8-11(21)9-19)6-13(18-20)12-4-2-3-5-16-12/h6-7,11-12,16,21H,2-5,8-9H2,1H3. The van der Waals surface area contributed by atoms with Crippen molar-refractivity contribution in [3.8, 4) is 0 Å². The largest absolute Gasteiger partial charge is 0.389 e. The van der Waals surface area contributed by atoms with Gasteiger partial charge in [0.1, 0.15) is 5.82 Å². The zero-order valence-electron chi connectivity index (χ0n) is 12.3. The van der Waals surface area contributed by atoms with Crippen molar-refractivity contribution >= 4 is 11.5 Å². The average molecular weight is 287 g/mol. The minimum atomic E-state index is -0.214. The van der Waals surface area contributed by atoms with Gasteiger partial charge in [0, 0.05) is 30.9 Å². The second-order valence-corrected chi connectivity index (χ2v) is 6.18. The van der Waals surface area contributed by atoms with Gasteiger partial charge in [-0.05, 0) is 26.3 Å². The number of hydrogen-bond acceptors (Lipinski definition) is 5. The SMILES string of the molecule is Cc1cn2nc(C3CCCCN3)cc2nc1N1CC(O)C1. The van der Waals surface area contributed by atoms with Gasteiger partial charge in [0.25, 0.3) is 0 Å². The number of hydrogen-bond donors (Lipinski definition) is 2. The molecule has 0 radical (unpaired) electrons. The number of nitrogens with zero attached hydrogens (tertiary/aromatic N) is 4. The summed E-state index contributed by atoms with van der Waals surface area (Å²) in [6.07, 6.45) is 5.48. The second-order valence-electron chi connectivity index (χ2n) is 6.18. The molecule has 0 amide bonds. The van der Waals surface area contributed by atoms with E-state index in [2.05, 4.69) is 21.4 Å². The number of β-amino-alcohol motifs (C(OH)–C–C–N with tert-alkyl or cyclic N) is 1. The first-order chi connectivity index (χ1) is 10.2. The van der Waals surface area contributed by atoms with Crippen molar-refractivity contribution in [3.05, 3.63) is 23.5 Å². The lowest BCUT2D eigenvalue weighted by Crippen LogP contribution is -2.51. The number of aromatic nitrogens is 3. The monoisotopic (exact) mass is 287 g/mol. The van der Waals surface area contributed by atoms with Crippen molar-refractivity contribution in [3.63, 3.8) is 0 Å². The quantitative estimate of drug-likeness (QED) is 0.864. The van der Waals surface area contributed by atoms with E-state index in [0.29, 0.717) is 19.1 Å². The molecule has 0 spiro atoms. The molecule has 1 atom stereocenters. The smallest absolute Gasteiger partial charge is 0.157 e. The number of fused-ring (bicyclic) bond motifs is 1. The van der Waals surface area contributed by atoms with E-state index in [0.717, 1.165) is 35.7 Å². The Labute approximate surface area is 123 Å². The molecule has 0 bridgehead atoms. The Morgan fingerprint density at radius 3 is 2.90 bits per heavy atom. The Morgan fingerprint density at radius 1 is 1.33 bits per heavy atom. The van der Waals surface area contributed by atoms with Gasteiger partial charge in [0.05, 0.1) is 17.8 Å². The van der Waals surface area contributed by atoms with E-state index < -0.39 is 0 Å². The highest BCUT2D eigenvalue weighted by Gasteiger charge is 2.27. The van der Waals surface area contributed by atoms with Crippen molar-refractivity contribution in [2.24, 2.45) is 0 Å². The molecule has 4 heterocycles. The number of anilines is 1. The van der Waals surface area contributed by atoms with Crippen LogP contribution in [0.5, 0.6) is 0 Å². The highest BCUT2D eigenvalue weighted by Crippen LogP contribution is 2.26. The van der Waals surface area contributed by atoms with Crippen LogP contribution in [0.2, 0.25) is 0 Å². The lowest BCUT2D eigenvalue weighted by Gasteiger charge is -2.37. The van der Waals surface area contributed by atoms with Gasteiger partial charge in [-0.1, -0.05) is 6.42 Å². The molecule has 2 saturated heterocycles. The molecule has 2 N–H and O–H groups in total. The Morgan fingerprint density at radius 2 is 2.19 bits per heavy atom. The van der Waals surface area contributed by atoms with Crippen LogP contribution in [0.1, 0.15) is 36.6 Å². The van der Waals surface area contributed by atoms with E-state index in [-0.39, 0.29) is 6.10 Å². The van der Waals surface area contributed by atoms with Crippen LogP contribution in [0.4, 0.5) is 5.82 Å². The second kappa shape index (κ2) is 4.96. The summed E-state index contributed by atoms with van der Waals surface area (Å²) in [6.45, 7) is 4.47. The number of aliphatic hydroxyl groups excluding tert-OH is 1. The number of aliphatic hydroxyl groups is 1.